The molecular weight excluding hydrogens is 316 g/mol. The van der Waals surface area contributed by atoms with E-state index in [4.69, 9.17) is 4.74 Å². The second-order valence-electron chi connectivity index (χ2n) is 6.07. The Balaban J connectivity index is 1.91. The summed E-state index contributed by atoms with van der Waals surface area (Å²) in [5.74, 6) is 0.517. The van der Waals surface area contributed by atoms with E-state index in [0.717, 1.165) is 16.9 Å². The van der Waals surface area contributed by atoms with Gasteiger partial charge in [-0.15, -0.1) is 0 Å². The highest BCUT2D eigenvalue weighted by molar-refractivity contribution is 5.95. The standard InChI is InChI=1S/C20H24N2O3/c1-13-8-9-19(14(2)12-13)25-11-10-20(24)22-18-7-5-6-17(15(18)3)21-16(4)23/h5-9,12H,10-11H2,1-4H3,(H,21,23)(H,22,24). The Labute approximate surface area is 148 Å². The van der Waals surface area contributed by atoms with Gasteiger partial charge < -0.3 is 15.4 Å². The summed E-state index contributed by atoms with van der Waals surface area (Å²) in [6.45, 7) is 7.63. The van der Waals surface area contributed by atoms with Gasteiger partial charge in [0.15, 0.2) is 0 Å². The van der Waals surface area contributed by atoms with E-state index in [1.807, 2.05) is 45.0 Å². The van der Waals surface area contributed by atoms with Gasteiger partial charge in [0.1, 0.15) is 5.75 Å². The molecule has 0 saturated carbocycles. The lowest BCUT2D eigenvalue weighted by Gasteiger charge is -2.13. The topological polar surface area (TPSA) is 67.4 Å². The number of aryl methyl sites for hydroxylation is 2. The van der Waals surface area contributed by atoms with Crippen molar-refractivity contribution in [2.75, 3.05) is 17.2 Å². The van der Waals surface area contributed by atoms with Gasteiger partial charge in [0, 0.05) is 18.3 Å². The van der Waals surface area contributed by atoms with E-state index in [2.05, 4.69) is 10.6 Å². The fourth-order valence-corrected chi connectivity index (χ4v) is 2.52. The molecule has 0 aliphatic heterocycles. The lowest BCUT2D eigenvalue weighted by Crippen LogP contribution is -2.16. The lowest BCUT2D eigenvalue weighted by molar-refractivity contribution is -0.116. The predicted octanol–water partition coefficient (Wildman–Crippen LogP) is 3.98. The van der Waals surface area contributed by atoms with Crippen molar-refractivity contribution in [2.24, 2.45) is 0 Å². The highest BCUT2D eigenvalue weighted by Gasteiger charge is 2.09. The van der Waals surface area contributed by atoms with Crippen molar-refractivity contribution < 1.29 is 14.3 Å². The van der Waals surface area contributed by atoms with Crippen LogP contribution < -0.4 is 15.4 Å². The second-order valence-corrected chi connectivity index (χ2v) is 6.07. The van der Waals surface area contributed by atoms with Crippen LogP contribution in [-0.4, -0.2) is 18.4 Å². The normalized spacial score (nSPS) is 10.2. The number of carbonyl (C=O) groups excluding carboxylic acids is 2. The minimum absolute atomic E-state index is 0.132. The van der Waals surface area contributed by atoms with Gasteiger partial charge in [-0.2, -0.15) is 0 Å². The molecule has 5 nitrogen and oxygen atoms in total. The Morgan fingerprint density at radius 2 is 1.68 bits per heavy atom. The third-order valence-electron chi connectivity index (χ3n) is 3.84. The molecule has 0 unspecified atom stereocenters. The number of carbonyl (C=O) groups is 2. The fourth-order valence-electron chi connectivity index (χ4n) is 2.52. The van der Waals surface area contributed by atoms with Crippen LogP contribution in [0.2, 0.25) is 0 Å². The monoisotopic (exact) mass is 340 g/mol. The third-order valence-corrected chi connectivity index (χ3v) is 3.84. The van der Waals surface area contributed by atoms with Crippen molar-refractivity contribution in [1.29, 1.82) is 0 Å². The molecule has 0 aliphatic carbocycles. The van der Waals surface area contributed by atoms with Gasteiger partial charge in [0.2, 0.25) is 11.8 Å². The van der Waals surface area contributed by atoms with Gasteiger partial charge in [-0.3, -0.25) is 9.59 Å². The van der Waals surface area contributed by atoms with Crippen molar-refractivity contribution in [2.45, 2.75) is 34.1 Å². The molecule has 2 amide bonds. The zero-order valence-electron chi connectivity index (χ0n) is 15.1. The van der Waals surface area contributed by atoms with Crippen molar-refractivity contribution in [3.63, 3.8) is 0 Å². The number of benzene rings is 2. The molecule has 2 rings (SSSR count). The van der Waals surface area contributed by atoms with Crippen molar-refractivity contribution in [3.8, 4) is 5.75 Å². The van der Waals surface area contributed by atoms with Gasteiger partial charge in [0.05, 0.1) is 13.0 Å². The zero-order chi connectivity index (χ0) is 18.4. The second kappa shape index (κ2) is 8.33. The van der Waals surface area contributed by atoms with Gasteiger partial charge in [-0.25, -0.2) is 0 Å². The summed E-state index contributed by atoms with van der Waals surface area (Å²) in [4.78, 5) is 23.4. The summed E-state index contributed by atoms with van der Waals surface area (Å²) < 4.78 is 5.69. The summed E-state index contributed by atoms with van der Waals surface area (Å²) >= 11 is 0. The molecule has 0 aliphatic rings. The number of nitrogens with one attached hydrogen (secondary N) is 2. The molecular formula is C20H24N2O3. The number of hydrogen-bond acceptors (Lipinski definition) is 3. The van der Waals surface area contributed by atoms with E-state index >= 15 is 0 Å². The van der Waals surface area contributed by atoms with Crippen molar-refractivity contribution >= 4 is 23.2 Å². The van der Waals surface area contributed by atoms with E-state index in [1.54, 1.807) is 12.1 Å². The first-order valence-electron chi connectivity index (χ1n) is 8.24. The van der Waals surface area contributed by atoms with Crippen LogP contribution in [0.3, 0.4) is 0 Å². The maximum Gasteiger partial charge on any atom is 0.227 e. The molecule has 2 aromatic rings. The first-order chi connectivity index (χ1) is 11.9. The third kappa shape index (κ3) is 5.35. The maximum absolute atomic E-state index is 12.1. The van der Waals surface area contributed by atoms with E-state index < -0.39 is 0 Å². The first kappa shape index (κ1) is 18.5. The Kier molecular flexibility index (Phi) is 6.17. The SMILES string of the molecule is CC(=O)Nc1cccc(NC(=O)CCOc2ccc(C)cc2C)c1C. The molecule has 0 aromatic heterocycles. The summed E-state index contributed by atoms with van der Waals surface area (Å²) in [5, 5.41) is 5.61. The highest BCUT2D eigenvalue weighted by Crippen LogP contribution is 2.23. The molecule has 0 fully saturated rings. The van der Waals surface area contributed by atoms with Crippen molar-refractivity contribution in [3.05, 3.63) is 53.1 Å². The largest absolute Gasteiger partial charge is 0.493 e. The zero-order valence-corrected chi connectivity index (χ0v) is 15.1. The average molecular weight is 340 g/mol. The van der Waals surface area contributed by atoms with Crippen LogP contribution in [0.25, 0.3) is 0 Å². The molecule has 0 atom stereocenters. The number of hydrogen-bond donors (Lipinski definition) is 2. The van der Waals surface area contributed by atoms with Gasteiger partial charge in [0.25, 0.3) is 0 Å². The highest BCUT2D eigenvalue weighted by atomic mass is 16.5. The van der Waals surface area contributed by atoms with Crippen LogP contribution in [-0.2, 0) is 9.59 Å². The quantitative estimate of drug-likeness (QED) is 0.836. The number of ether oxygens (including phenoxy) is 1. The van der Waals surface area contributed by atoms with Crippen molar-refractivity contribution in [1.82, 2.24) is 0 Å². The Morgan fingerprint density at radius 1 is 1.00 bits per heavy atom. The predicted molar refractivity (Wildman–Crippen MR) is 100 cm³/mol. The Hall–Kier alpha value is -2.82. The molecule has 0 bridgehead atoms. The van der Waals surface area contributed by atoms with Crippen LogP contribution >= 0.6 is 0 Å². The summed E-state index contributed by atoms with van der Waals surface area (Å²) in [7, 11) is 0. The smallest absolute Gasteiger partial charge is 0.227 e. The first-order valence-corrected chi connectivity index (χ1v) is 8.24. The molecule has 5 heteroatoms. The number of amides is 2. The van der Waals surface area contributed by atoms with Gasteiger partial charge in [-0.05, 0) is 50.1 Å². The van der Waals surface area contributed by atoms with Crippen LogP contribution in [0, 0.1) is 20.8 Å². The summed E-state index contributed by atoms with van der Waals surface area (Å²) in [6.07, 6.45) is 0.247. The van der Waals surface area contributed by atoms with E-state index in [-0.39, 0.29) is 18.2 Å². The van der Waals surface area contributed by atoms with Gasteiger partial charge in [-0.1, -0.05) is 23.8 Å². The molecule has 132 valence electrons. The summed E-state index contributed by atoms with van der Waals surface area (Å²) in [5.41, 5.74) is 4.43. The maximum atomic E-state index is 12.1. The Bertz CT molecular complexity index is 785. The number of anilines is 2. The molecule has 2 N–H and O–H groups in total. The average Bonchev–Trinajstić information content (AvgIpc) is 2.53. The van der Waals surface area contributed by atoms with E-state index in [0.29, 0.717) is 18.0 Å². The molecule has 0 heterocycles. The minimum atomic E-state index is -0.145. The molecule has 0 saturated heterocycles. The number of rotatable bonds is 6. The summed E-state index contributed by atoms with van der Waals surface area (Å²) in [6, 6.07) is 11.4. The molecule has 0 spiro atoms. The van der Waals surface area contributed by atoms with Crippen LogP contribution in [0.5, 0.6) is 5.75 Å². The van der Waals surface area contributed by atoms with Gasteiger partial charge >= 0.3 is 0 Å². The van der Waals surface area contributed by atoms with E-state index in [1.165, 1.54) is 12.5 Å². The van der Waals surface area contributed by atoms with Crippen LogP contribution in [0.4, 0.5) is 11.4 Å². The molecule has 2 aromatic carbocycles. The Morgan fingerprint density at radius 3 is 2.32 bits per heavy atom. The fraction of sp³-hybridized carbons (Fsp3) is 0.300. The lowest BCUT2D eigenvalue weighted by atomic mass is 10.1. The molecule has 0 radical (unpaired) electrons. The van der Waals surface area contributed by atoms with Crippen LogP contribution in [0.15, 0.2) is 36.4 Å². The molecule has 25 heavy (non-hydrogen) atoms. The van der Waals surface area contributed by atoms with E-state index in [9.17, 15) is 9.59 Å². The minimum Gasteiger partial charge on any atom is -0.493 e. The van der Waals surface area contributed by atoms with Crippen LogP contribution in [0.1, 0.15) is 30.0 Å².